The van der Waals surface area contributed by atoms with Crippen molar-refractivity contribution >= 4 is 11.9 Å². The average molecular weight is 250 g/mol. The van der Waals surface area contributed by atoms with Gasteiger partial charge in [0.1, 0.15) is 0 Å². The molecule has 0 saturated carbocycles. The Balaban J connectivity index is 1.80. The highest BCUT2D eigenvalue weighted by Crippen LogP contribution is 2.32. The third-order valence-corrected chi connectivity index (χ3v) is 2.76. The Kier molecular flexibility index (Phi) is 2.87. The number of rotatable bonds is 2. The molecule has 1 aliphatic heterocycles. The molecule has 4 heteroatoms. The molecule has 0 unspecified atom stereocenters. The molecule has 4 nitrogen and oxygen atoms in total. The van der Waals surface area contributed by atoms with Crippen LogP contribution in [0.1, 0.15) is 11.1 Å². The fourth-order valence-electron chi connectivity index (χ4n) is 1.76. The smallest absolute Gasteiger partial charge is 0.231 e. The van der Waals surface area contributed by atoms with E-state index in [9.17, 15) is 0 Å². The lowest BCUT2D eigenvalue weighted by atomic mass is 10.2. The van der Waals surface area contributed by atoms with Crippen LogP contribution >= 0.6 is 0 Å². The van der Waals surface area contributed by atoms with E-state index in [4.69, 9.17) is 14.7 Å². The van der Waals surface area contributed by atoms with Crippen LogP contribution in [0.3, 0.4) is 0 Å². The Bertz CT molecular complexity index is 670. The van der Waals surface area contributed by atoms with Gasteiger partial charge in [0.05, 0.1) is 17.3 Å². The summed E-state index contributed by atoms with van der Waals surface area (Å²) in [5, 5.41) is 8.71. The molecule has 0 bridgehead atoms. The number of hydrogen-bond donors (Lipinski definition) is 0. The van der Waals surface area contributed by atoms with Gasteiger partial charge in [0.25, 0.3) is 0 Å². The third-order valence-electron chi connectivity index (χ3n) is 2.76. The molecule has 19 heavy (non-hydrogen) atoms. The quantitative estimate of drug-likeness (QED) is 0.770. The zero-order chi connectivity index (χ0) is 13.1. The van der Waals surface area contributed by atoms with Crippen molar-refractivity contribution in [1.29, 1.82) is 5.26 Å². The minimum Gasteiger partial charge on any atom is -0.454 e. The predicted octanol–water partition coefficient (Wildman–Crippen LogP) is 3.04. The number of ether oxygens (including phenoxy) is 2. The summed E-state index contributed by atoms with van der Waals surface area (Å²) in [6.07, 6.45) is 1.75. The second-order valence-corrected chi connectivity index (χ2v) is 4.03. The van der Waals surface area contributed by atoms with Crippen LogP contribution in [0.4, 0.5) is 5.69 Å². The minimum atomic E-state index is 0.269. The summed E-state index contributed by atoms with van der Waals surface area (Å²) in [7, 11) is 0. The minimum absolute atomic E-state index is 0.269. The first-order valence-corrected chi connectivity index (χ1v) is 5.79. The fraction of sp³-hybridized carbons (Fsp3) is 0.0667. The lowest BCUT2D eigenvalue weighted by Crippen LogP contribution is -1.92. The molecule has 0 aromatic heterocycles. The normalized spacial score (nSPS) is 12.6. The maximum absolute atomic E-state index is 8.71. The van der Waals surface area contributed by atoms with Crippen molar-refractivity contribution in [3.63, 3.8) is 0 Å². The molecule has 92 valence electrons. The van der Waals surface area contributed by atoms with Crippen LogP contribution in [0.15, 0.2) is 47.5 Å². The van der Waals surface area contributed by atoms with Gasteiger partial charge in [-0.15, -0.1) is 0 Å². The van der Waals surface area contributed by atoms with Crippen LogP contribution in [0, 0.1) is 11.3 Å². The first kappa shape index (κ1) is 11.3. The highest BCUT2D eigenvalue weighted by Gasteiger charge is 2.12. The number of fused-ring (bicyclic) bond motifs is 1. The summed E-state index contributed by atoms with van der Waals surface area (Å²) in [5.41, 5.74) is 2.37. The highest BCUT2D eigenvalue weighted by atomic mass is 16.7. The Morgan fingerprint density at radius 2 is 1.84 bits per heavy atom. The van der Waals surface area contributed by atoms with E-state index in [-0.39, 0.29) is 6.79 Å². The second-order valence-electron chi connectivity index (χ2n) is 4.03. The molecule has 1 heterocycles. The molecule has 0 saturated heterocycles. The molecule has 2 aromatic carbocycles. The fourth-order valence-corrected chi connectivity index (χ4v) is 1.76. The molecule has 0 aliphatic carbocycles. The Labute approximate surface area is 110 Å². The molecular formula is C15H10N2O2. The number of nitriles is 1. The van der Waals surface area contributed by atoms with E-state index in [1.54, 1.807) is 18.3 Å². The van der Waals surface area contributed by atoms with Gasteiger partial charge in [-0.05, 0) is 48.0 Å². The zero-order valence-corrected chi connectivity index (χ0v) is 10.0. The maximum atomic E-state index is 8.71. The van der Waals surface area contributed by atoms with Crippen LogP contribution in [-0.4, -0.2) is 13.0 Å². The van der Waals surface area contributed by atoms with Gasteiger partial charge in [-0.3, -0.25) is 4.99 Å². The van der Waals surface area contributed by atoms with Gasteiger partial charge in [0.2, 0.25) is 6.79 Å². The van der Waals surface area contributed by atoms with Gasteiger partial charge in [-0.1, -0.05) is 0 Å². The maximum Gasteiger partial charge on any atom is 0.231 e. The largest absolute Gasteiger partial charge is 0.454 e. The predicted molar refractivity (Wildman–Crippen MR) is 71.0 cm³/mol. The van der Waals surface area contributed by atoms with Gasteiger partial charge in [-0.25, -0.2) is 0 Å². The SMILES string of the molecule is N#Cc1ccc(N=Cc2ccc3c(c2)OCO3)cc1. The van der Waals surface area contributed by atoms with E-state index < -0.39 is 0 Å². The lowest BCUT2D eigenvalue weighted by molar-refractivity contribution is 0.174. The molecule has 0 amide bonds. The van der Waals surface area contributed by atoms with Crippen molar-refractivity contribution in [2.75, 3.05) is 6.79 Å². The first-order valence-electron chi connectivity index (χ1n) is 5.79. The molecule has 1 aliphatic rings. The zero-order valence-electron chi connectivity index (χ0n) is 10.0. The van der Waals surface area contributed by atoms with Gasteiger partial charge >= 0.3 is 0 Å². The van der Waals surface area contributed by atoms with Crippen LogP contribution in [0.25, 0.3) is 0 Å². The van der Waals surface area contributed by atoms with E-state index in [0.29, 0.717) is 5.56 Å². The van der Waals surface area contributed by atoms with Gasteiger partial charge in [0, 0.05) is 6.21 Å². The summed E-state index contributed by atoms with van der Waals surface area (Å²) < 4.78 is 10.5. The van der Waals surface area contributed by atoms with Crippen LogP contribution < -0.4 is 9.47 Å². The summed E-state index contributed by atoms with van der Waals surface area (Å²) in [6.45, 7) is 0.269. The van der Waals surface area contributed by atoms with E-state index in [1.807, 2.05) is 30.3 Å². The van der Waals surface area contributed by atoms with E-state index >= 15 is 0 Å². The van der Waals surface area contributed by atoms with Crippen LogP contribution in [0.2, 0.25) is 0 Å². The van der Waals surface area contributed by atoms with Crippen LogP contribution in [-0.2, 0) is 0 Å². The Morgan fingerprint density at radius 3 is 2.63 bits per heavy atom. The van der Waals surface area contributed by atoms with Gasteiger partial charge in [0.15, 0.2) is 11.5 Å². The molecule has 0 atom stereocenters. The number of benzene rings is 2. The molecule has 0 spiro atoms. The molecule has 3 rings (SSSR count). The van der Waals surface area contributed by atoms with Crippen LogP contribution in [0.5, 0.6) is 11.5 Å². The van der Waals surface area contributed by atoms with Gasteiger partial charge in [-0.2, -0.15) is 5.26 Å². The highest BCUT2D eigenvalue weighted by molar-refractivity contribution is 5.83. The molecule has 0 fully saturated rings. The van der Waals surface area contributed by atoms with Crippen molar-refractivity contribution in [3.8, 4) is 17.6 Å². The lowest BCUT2D eigenvalue weighted by Gasteiger charge is -1.97. The van der Waals surface area contributed by atoms with Crippen molar-refractivity contribution in [3.05, 3.63) is 53.6 Å². The monoisotopic (exact) mass is 250 g/mol. The van der Waals surface area contributed by atoms with E-state index in [1.165, 1.54) is 0 Å². The van der Waals surface area contributed by atoms with Crippen molar-refractivity contribution in [2.45, 2.75) is 0 Å². The Morgan fingerprint density at radius 1 is 1.05 bits per heavy atom. The third kappa shape index (κ3) is 2.40. The van der Waals surface area contributed by atoms with E-state index in [2.05, 4.69) is 11.1 Å². The van der Waals surface area contributed by atoms with E-state index in [0.717, 1.165) is 22.7 Å². The number of nitrogens with zero attached hydrogens (tertiary/aromatic N) is 2. The topological polar surface area (TPSA) is 54.6 Å². The summed E-state index contributed by atoms with van der Waals surface area (Å²) >= 11 is 0. The summed E-state index contributed by atoms with van der Waals surface area (Å²) in [6, 6.07) is 14.8. The number of hydrogen-bond acceptors (Lipinski definition) is 4. The molecular weight excluding hydrogens is 240 g/mol. The van der Waals surface area contributed by atoms with Crippen molar-refractivity contribution in [1.82, 2.24) is 0 Å². The number of aliphatic imine (C=N–C) groups is 1. The van der Waals surface area contributed by atoms with Crippen molar-refractivity contribution < 1.29 is 9.47 Å². The first-order chi connectivity index (χ1) is 9.35. The Hall–Kier alpha value is -2.80. The summed E-state index contributed by atoms with van der Waals surface area (Å²) in [4.78, 5) is 4.35. The second kappa shape index (κ2) is 4.83. The standard InChI is InChI=1S/C15H10N2O2/c16-8-11-1-4-13(5-2-11)17-9-12-3-6-14-15(7-12)19-10-18-14/h1-7,9H,10H2. The molecule has 0 N–H and O–H groups in total. The van der Waals surface area contributed by atoms with Gasteiger partial charge < -0.3 is 9.47 Å². The molecule has 2 aromatic rings. The van der Waals surface area contributed by atoms with Crippen molar-refractivity contribution in [2.24, 2.45) is 4.99 Å². The summed E-state index contributed by atoms with van der Waals surface area (Å²) in [5.74, 6) is 1.50. The molecule has 0 radical (unpaired) electrons. The average Bonchev–Trinajstić information content (AvgIpc) is 2.93.